The van der Waals surface area contributed by atoms with Gasteiger partial charge in [0.1, 0.15) is 22.7 Å². The zero-order valence-electron chi connectivity index (χ0n) is 16.6. The van der Waals surface area contributed by atoms with Crippen molar-refractivity contribution in [1.29, 1.82) is 0 Å². The largest absolute Gasteiger partial charge is 0.416 e. The maximum absolute atomic E-state index is 14.4. The van der Waals surface area contributed by atoms with Crippen molar-refractivity contribution in [2.24, 2.45) is 0 Å². The Hall–Kier alpha value is -2.95. The Morgan fingerprint density at radius 3 is 2.69 bits per heavy atom. The molecule has 0 spiro atoms. The Bertz CT molecular complexity index is 1120. The number of carbonyl (C=O) groups is 2. The fourth-order valence-corrected chi connectivity index (χ4v) is 4.14. The van der Waals surface area contributed by atoms with Crippen molar-refractivity contribution in [3.05, 3.63) is 51.7 Å². The van der Waals surface area contributed by atoms with Gasteiger partial charge in [-0.25, -0.2) is 18.6 Å². The number of nitrogens with one attached hydrogen (secondary N) is 1. The lowest BCUT2D eigenvalue weighted by Crippen LogP contribution is -2.47. The number of carbonyl (C=O) groups excluding carboxylic acids is 2. The van der Waals surface area contributed by atoms with Crippen LogP contribution in [0, 0.1) is 11.6 Å². The summed E-state index contributed by atoms with van der Waals surface area (Å²) in [5.41, 5.74) is -0.932. The van der Waals surface area contributed by atoms with Crippen molar-refractivity contribution < 1.29 is 31.5 Å². The van der Waals surface area contributed by atoms with E-state index in [0.29, 0.717) is 12.8 Å². The van der Waals surface area contributed by atoms with Crippen LogP contribution in [0.25, 0.3) is 0 Å². The van der Waals surface area contributed by atoms with Crippen LogP contribution in [-0.4, -0.2) is 36.6 Å². The normalized spacial score (nSPS) is 18.0. The highest BCUT2D eigenvalue weighted by Crippen LogP contribution is 2.39. The van der Waals surface area contributed by atoms with Gasteiger partial charge in [0, 0.05) is 19.3 Å². The Morgan fingerprint density at radius 2 is 2.00 bits per heavy atom. The molecule has 0 bridgehead atoms. The molecule has 1 aromatic heterocycles. The second-order valence-electron chi connectivity index (χ2n) is 7.47. The summed E-state index contributed by atoms with van der Waals surface area (Å²) >= 11 is 5.57. The first-order valence-corrected chi connectivity index (χ1v) is 9.96. The standard InChI is InChI=1S/C20H16ClF5N4O2/c1-29(13-6-5-11(22)16(21)17(13)23)18(31)14-8-27-19(32)30(14)15-7-10(20(24,25)26)9-3-2-4-12(9)28-15/h5-7,14H,2-4,8H2,1H3,(H,27,32). The minimum atomic E-state index is -4.66. The molecule has 1 unspecified atom stereocenters. The summed E-state index contributed by atoms with van der Waals surface area (Å²) in [6.45, 7) is -0.237. The Kier molecular flexibility index (Phi) is 5.48. The SMILES string of the molecule is CN(C(=O)C1CNC(=O)N1c1cc(C(F)(F)F)c2c(n1)CCC2)c1ccc(F)c(Cl)c1F. The molecule has 1 aliphatic carbocycles. The number of nitrogens with zero attached hydrogens (tertiary/aromatic N) is 3. The number of rotatable bonds is 3. The van der Waals surface area contributed by atoms with Gasteiger partial charge in [0.25, 0.3) is 5.91 Å². The van der Waals surface area contributed by atoms with E-state index >= 15 is 0 Å². The van der Waals surface area contributed by atoms with Gasteiger partial charge in [0.2, 0.25) is 0 Å². The van der Waals surface area contributed by atoms with Gasteiger partial charge in [-0.2, -0.15) is 13.2 Å². The van der Waals surface area contributed by atoms with Crippen molar-refractivity contribution in [2.45, 2.75) is 31.5 Å². The quantitative estimate of drug-likeness (QED) is 0.538. The van der Waals surface area contributed by atoms with Crippen molar-refractivity contribution in [2.75, 3.05) is 23.4 Å². The van der Waals surface area contributed by atoms with Crippen LogP contribution in [0.5, 0.6) is 0 Å². The van der Waals surface area contributed by atoms with Crippen LogP contribution in [0.4, 0.5) is 38.3 Å². The van der Waals surface area contributed by atoms with Crippen LogP contribution in [0.1, 0.15) is 23.2 Å². The first-order chi connectivity index (χ1) is 15.0. The van der Waals surface area contributed by atoms with Crippen molar-refractivity contribution in [3.63, 3.8) is 0 Å². The average Bonchev–Trinajstić information content (AvgIpc) is 3.35. The molecule has 0 radical (unpaired) electrons. The van der Waals surface area contributed by atoms with Crippen molar-refractivity contribution in [1.82, 2.24) is 10.3 Å². The molecule has 1 fully saturated rings. The molecular formula is C20H16ClF5N4O2. The molecule has 2 heterocycles. The van der Waals surface area contributed by atoms with E-state index < -0.39 is 46.4 Å². The van der Waals surface area contributed by atoms with Gasteiger partial charge in [0.05, 0.1) is 11.3 Å². The highest BCUT2D eigenvalue weighted by molar-refractivity contribution is 6.31. The highest BCUT2D eigenvalue weighted by atomic mass is 35.5. The molecule has 0 saturated carbocycles. The molecular weight excluding hydrogens is 459 g/mol. The molecule has 2 aromatic rings. The van der Waals surface area contributed by atoms with E-state index in [-0.39, 0.29) is 35.7 Å². The number of urea groups is 1. The fraction of sp³-hybridized carbons (Fsp3) is 0.350. The number of fused-ring (bicyclic) bond motifs is 1. The third-order valence-electron chi connectivity index (χ3n) is 5.56. The van der Waals surface area contributed by atoms with E-state index in [1.54, 1.807) is 0 Å². The lowest BCUT2D eigenvalue weighted by atomic mass is 10.1. The molecule has 2 aliphatic rings. The van der Waals surface area contributed by atoms with Gasteiger partial charge in [-0.1, -0.05) is 11.6 Å². The molecule has 4 rings (SSSR count). The number of hydrogen-bond donors (Lipinski definition) is 1. The molecule has 1 aromatic carbocycles. The summed E-state index contributed by atoms with van der Waals surface area (Å²) in [5, 5.41) is 1.59. The summed E-state index contributed by atoms with van der Waals surface area (Å²) in [7, 11) is 1.19. The van der Waals surface area contributed by atoms with Gasteiger partial charge in [-0.15, -0.1) is 0 Å². The average molecular weight is 475 g/mol. The number of aryl methyl sites for hydroxylation is 1. The van der Waals surface area contributed by atoms with Gasteiger partial charge in [-0.05, 0) is 43.0 Å². The Labute approximate surface area is 184 Å². The smallest absolute Gasteiger partial charge is 0.335 e. The summed E-state index contributed by atoms with van der Waals surface area (Å²) in [6.07, 6.45) is -3.62. The van der Waals surface area contributed by atoms with Crippen LogP contribution < -0.4 is 15.1 Å². The molecule has 1 aliphatic heterocycles. The predicted molar refractivity (Wildman–Crippen MR) is 106 cm³/mol. The highest BCUT2D eigenvalue weighted by Gasteiger charge is 2.43. The van der Waals surface area contributed by atoms with E-state index in [0.717, 1.165) is 28.0 Å². The van der Waals surface area contributed by atoms with Crippen molar-refractivity contribution in [3.8, 4) is 0 Å². The second-order valence-corrected chi connectivity index (χ2v) is 7.85. The number of pyridine rings is 1. The Balaban J connectivity index is 1.72. The molecule has 3 amide bonds. The maximum Gasteiger partial charge on any atom is 0.416 e. The summed E-state index contributed by atoms with van der Waals surface area (Å²) in [5.74, 6) is -3.34. The van der Waals surface area contributed by atoms with Crippen LogP contribution >= 0.6 is 11.6 Å². The first kappa shape index (κ1) is 22.3. The minimum absolute atomic E-state index is 0.0869. The fourth-order valence-electron chi connectivity index (χ4n) is 3.98. The third-order valence-corrected chi connectivity index (χ3v) is 5.90. The number of aromatic nitrogens is 1. The number of hydrogen-bond acceptors (Lipinski definition) is 3. The number of alkyl halides is 3. The number of amides is 3. The zero-order chi connectivity index (χ0) is 23.4. The molecule has 32 heavy (non-hydrogen) atoms. The number of likely N-dealkylation sites (N-methyl/N-ethyl adjacent to an activating group) is 1. The molecule has 6 nitrogen and oxygen atoms in total. The van der Waals surface area contributed by atoms with Gasteiger partial charge < -0.3 is 10.2 Å². The zero-order valence-corrected chi connectivity index (χ0v) is 17.3. The van der Waals surface area contributed by atoms with Gasteiger partial charge >= 0.3 is 12.2 Å². The molecule has 12 heteroatoms. The van der Waals surface area contributed by atoms with Crippen LogP contribution in [-0.2, 0) is 23.8 Å². The van der Waals surface area contributed by atoms with Crippen LogP contribution in [0.15, 0.2) is 18.2 Å². The van der Waals surface area contributed by atoms with Gasteiger partial charge in [0.15, 0.2) is 5.82 Å². The number of halogens is 6. The summed E-state index contributed by atoms with van der Waals surface area (Å²) in [6, 6.07) is 0.512. The van der Waals surface area contributed by atoms with E-state index in [9.17, 15) is 31.5 Å². The molecule has 1 saturated heterocycles. The van der Waals surface area contributed by atoms with Crippen LogP contribution in [0.2, 0.25) is 5.02 Å². The van der Waals surface area contributed by atoms with E-state index in [2.05, 4.69) is 10.3 Å². The second kappa shape index (κ2) is 7.88. The number of benzene rings is 1. The van der Waals surface area contributed by atoms with E-state index in [1.165, 1.54) is 7.05 Å². The van der Waals surface area contributed by atoms with E-state index in [1.807, 2.05) is 0 Å². The summed E-state index contributed by atoms with van der Waals surface area (Å²) < 4.78 is 68.7. The minimum Gasteiger partial charge on any atom is -0.335 e. The lowest BCUT2D eigenvalue weighted by molar-refractivity contribution is -0.138. The van der Waals surface area contributed by atoms with E-state index in [4.69, 9.17) is 11.6 Å². The van der Waals surface area contributed by atoms with Crippen molar-refractivity contribution >= 4 is 35.0 Å². The number of anilines is 2. The predicted octanol–water partition coefficient (Wildman–Crippen LogP) is 4.08. The lowest BCUT2D eigenvalue weighted by Gasteiger charge is -2.27. The van der Waals surface area contributed by atoms with Crippen LogP contribution in [0.3, 0.4) is 0 Å². The monoisotopic (exact) mass is 474 g/mol. The maximum atomic E-state index is 14.4. The van der Waals surface area contributed by atoms with Gasteiger partial charge in [-0.3, -0.25) is 9.69 Å². The molecule has 1 N–H and O–H groups in total. The topological polar surface area (TPSA) is 65.5 Å². The molecule has 1 atom stereocenters. The molecule has 170 valence electrons. The summed E-state index contributed by atoms with van der Waals surface area (Å²) in [4.78, 5) is 31.4. The first-order valence-electron chi connectivity index (χ1n) is 9.58. The third kappa shape index (κ3) is 3.64. The Morgan fingerprint density at radius 1 is 1.28 bits per heavy atom.